The monoisotopic (exact) mass is 292 g/mol. The van der Waals surface area contributed by atoms with E-state index in [0.717, 1.165) is 34.5 Å². The lowest BCUT2D eigenvalue weighted by Gasteiger charge is -2.09. The maximum atomic E-state index is 5.77. The number of thioether (sulfide) groups is 1. The van der Waals surface area contributed by atoms with Gasteiger partial charge in [0.15, 0.2) is 5.16 Å². The molecule has 0 saturated heterocycles. The van der Waals surface area contributed by atoms with Gasteiger partial charge in [-0.25, -0.2) is 0 Å². The fraction of sp³-hybridized carbons (Fsp3) is 0.429. The minimum absolute atomic E-state index is 0.503. The number of rotatable bonds is 7. The molecule has 0 amide bonds. The summed E-state index contributed by atoms with van der Waals surface area (Å²) in [7, 11) is 1.98. The molecule has 0 aliphatic rings. The number of aromatic nitrogens is 3. The molecule has 0 spiro atoms. The summed E-state index contributed by atoms with van der Waals surface area (Å²) in [6.07, 6.45) is 0.954. The molecule has 0 bridgehead atoms. The van der Waals surface area contributed by atoms with Crippen molar-refractivity contribution >= 4 is 11.8 Å². The highest BCUT2D eigenvalue weighted by molar-refractivity contribution is 7.99. The number of ether oxygens (including phenoxy) is 1. The van der Waals surface area contributed by atoms with Crippen LogP contribution in [0.15, 0.2) is 29.4 Å². The van der Waals surface area contributed by atoms with Gasteiger partial charge in [0.1, 0.15) is 11.6 Å². The zero-order chi connectivity index (χ0) is 14.4. The van der Waals surface area contributed by atoms with E-state index < -0.39 is 0 Å². The van der Waals surface area contributed by atoms with E-state index in [0.29, 0.717) is 13.2 Å². The van der Waals surface area contributed by atoms with E-state index in [4.69, 9.17) is 10.5 Å². The van der Waals surface area contributed by atoms with Gasteiger partial charge in [0.05, 0.1) is 6.61 Å². The van der Waals surface area contributed by atoms with Crippen LogP contribution < -0.4 is 10.5 Å². The summed E-state index contributed by atoms with van der Waals surface area (Å²) in [5.41, 5.74) is 6.72. The van der Waals surface area contributed by atoms with Crippen molar-refractivity contribution in [3.8, 4) is 5.75 Å². The van der Waals surface area contributed by atoms with Crippen LogP contribution in [0.3, 0.4) is 0 Å². The quantitative estimate of drug-likeness (QED) is 0.625. The molecule has 1 aromatic carbocycles. The molecule has 0 atom stereocenters. The predicted octanol–water partition coefficient (Wildman–Crippen LogP) is 2.14. The Hall–Kier alpha value is -1.53. The molecule has 5 nitrogen and oxygen atoms in total. The topological polar surface area (TPSA) is 66.0 Å². The van der Waals surface area contributed by atoms with Gasteiger partial charge in [-0.1, -0.05) is 30.0 Å². The van der Waals surface area contributed by atoms with Gasteiger partial charge in [0, 0.05) is 24.9 Å². The molecule has 0 radical (unpaired) electrons. The third-order valence-electron chi connectivity index (χ3n) is 3.02. The summed E-state index contributed by atoms with van der Waals surface area (Å²) in [5, 5.41) is 9.10. The van der Waals surface area contributed by atoms with Gasteiger partial charge in [-0.15, -0.1) is 10.2 Å². The number of nitrogens with two attached hydrogens (primary N) is 1. The third kappa shape index (κ3) is 3.74. The first kappa shape index (κ1) is 14.9. The molecule has 0 unspecified atom stereocenters. The molecule has 0 fully saturated rings. The van der Waals surface area contributed by atoms with Crippen molar-refractivity contribution in [3.05, 3.63) is 35.7 Å². The molecule has 1 aromatic heterocycles. The van der Waals surface area contributed by atoms with Crippen molar-refractivity contribution in [1.29, 1.82) is 0 Å². The molecule has 20 heavy (non-hydrogen) atoms. The number of para-hydroxylation sites is 1. The summed E-state index contributed by atoms with van der Waals surface area (Å²) >= 11 is 1.70. The van der Waals surface area contributed by atoms with Gasteiger partial charge >= 0.3 is 0 Å². The molecule has 108 valence electrons. The van der Waals surface area contributed by atoms with E-state index in [1.165, 1.54) is 0 Å². The van der Waals surface area contributed by atoms with Crippen molar-refractivity contribution in [3.63, 3.8) is 0 Å². The van der Waals surface area contributed by atoms with Crippen LogP contribution in [-0.2, 0) is 13.6 Å². The third-order valence-corrected chi connectivity index (χ3v) is 4.13. The van der Waals surface area contributed by atoms with Crippen LogP contribution in [0.5, 0.6) is 5.75 Å². The Kier molecular flexibility index (Phi) is 5.43. The Morgan fingerprint density at radius 2 is 2.10 bits per heavy atom. The molecule has 2 aromatic rings. The Morgan fingerprint density at radius 3 is 2.80 bits per heavy atom. The zero-order valence-electron chi connectivity index (χ0n) is 11.9. The maximum Gasteiger partial charge on any atom is 0.190 e. The standard InChI is InChI=1S/C14H20N4OS/c1-11-16-17-14(18(11)2)20-9-5-8-19-13-7-4-3-6-12(13)10-15/h3-4,6-7H,5,8-10,15H2,1-2H3. The van der Waals surface area contributed by atoms with Crippen molar-refractivity contribution in [2.45, 2.75) is 25.0 Å². The minimum Gasteiger partial charge on any atom is -0.493 e. The highest BCUT2D eigenvalue weighted by Gasteiger charge is 2.05. The largest absolute Gasteiger partial charge is 0.493 e. The van der Waals surface area contributed by atoms with E-state index in [1.54, 1.807) is 11.8 Å². The molecule has 6 heteroatoms. The second-order valence-corrected chi connectivity index (χ2v) is 5.51. The molecule has 0 aliphatic heterocycles. The smallest absolute Gasteiger partial charge is 0.190 e. The molecule has 2 N–H and O–H groups in total. The summed E-state index contributed by atoms with van der Waals surface area (Å²) in [6.45, 7) is 3.13. The average molecular weight is 292 g/mol. The molecular formula is C14H20N4OS. The Morgan fingerprint density at radius 1 is 1.30 bits per heavy atom. The number of nitrogens with zero attached hydrogens (tertiary/aromatic N) is 3. The number of aryl methyl sites for hydroxylation is 1. The zero-order valence-corrected chi connectivity index (χ0v) is 12.7. The molecular weight excluding hydrogens is 272 g/mol. The van der Waals surface area contributed by atoms with Crippen LogP contribution in [-0.4, -0.2) is 27.1 Å². The maximum absolute atomic E-state index is 5.77. The number of hydrogen-bond acceptors (Lipinski definition) is 5. The van der Waals surface area contributed by atoms with Crippen LogP contribution in [0.25, 0.3) is 0 Å². The molecule has 1 heterocycles. The van der Waals surface area contributed by atoms with Gasteiger partial charge in [0.2, 0.25) is 0 Å². The predicted molar refractivity (Wildman–Crippen MR) is 80.9 cm³/mol. The van der Waals surface area contributed by atoms with Gasteiger partial charge in [-0.05, 0) is 19.4 Å². The fourth-order valence-corrected chi connectivity index (χ4v) is 2.60. The van der Waals surface area contributed by atoms with Crippen molar-refractivity contribution < 1.29 is 4.74 Å². The van der Waals surface area contributed by atoms with Crippen molar-refractivity contribution in [2.75, 3.05) is 12.4 Å². The highest BCUT2D eigenvalue weighted by Crippen LogP contribution is 2.19. The van der Waals surface area contributed by atoms with Gasteiger partial charge in [-0.3, -0.25) is 0 Å². The molecule has 0 saturated carbocycles. The van der Waals surface area contributed by atoms with E-state index in [-0.39, 0.29) is 0 Å². The van der Waals surface area contributed by atoms with E-state index in [1.807, 2.05) is 42.8 Å². The average Bonchev–Trinajstić information content (AvgIpc) is 2.79. The molecule has 0 aliphatic carbocycles. The van der Waals surface area contributed by atoms with E-state index >= 15 is 0 Å². The first-order valence-corrected chi connectivity index (χ1v) is 7.60. The summed E-state index contributed by atoms with van der Waals surface area (Å²) in [6, 6.07) is 7.89. The lowest BCUT2D eigenvalue weighted by atomic mass is 10.2. The van der Waals surface area contributed by atoms with Gasteiger partial charge < -0.3 is 15.0 Å². The fourth-order valence-electron chi connectivity index (χ4n) is 1.73. The van der Waals surface area contributed by atoms with Gasteiger partial charge in [0.25, 0.3) is 0 Å². The number of hydrogen-bond donors (Lipinski definition) is 1. The van der Waals surface area contributed by atoms with Crippen molar-refractivity contribution in [1.82, 2.24) is 14.8 Å². The van der Waals surface area contributed by atoms with Crippen LogP contribution in [0.2, 0.25) is 0 Å². The SMILES string of the molecule is Cc1nnc(SCCCOc2ccccc2CN)n1C. The van der Waals surface area contributed by atoms with Crippen LogP contribution in [0.4, 0.5) is 0 Å². The van der Waals surface area contributed by atoms with E-state index in [2.05, 4.69) is 10.2 Å². The van der Waals surface area contributed by atoms with E-state index in [9.17, 15) is 0 Å². The summed E-state index contributed by atoms with van der Waals surface area (Å²) in [5.74, 6) is 2.77. The van der Waals surface area contributed by atoms with Crippen molar-refractivity contribution in [2.24, 2.45) is 12.8 Å². The Labute approximate surface area is 123 Å². The lowest BCUT2D eigenvalue weighted by Crippen LogP contribution is -2.04. The van der Waals surface area contributed by atoms with Crippen LogP contribution in [0.1, 0.15) is 17.8 Å². The number of benzene rings is 1. The Balaban J connectivity index is 1.73. The lowest BCUT2D eigenvalue weighted by molar-refractivity contribution is 0.315. The summed E-state index contributed by atoms with van der Waals surface area (Å²) in [4.78, 5) is 0. The Bertz CT molecular complexity index is 556. The normalized spacial score (nSPS) is 10.8. The minimum atomic E-state index is 0.503. The van der Waals surface area contributed by atoms with Gasteiger partial charge in [-0.2, -0.15) is 0 Å². The van der Waals surface area contributed by atoms with Crippen LogP contribution >= 0.6 is 11.8 Å². The first-order valence-electron chi connectivity index (χ1n) is 6.62. The van der Waals surface area contributed by atoms with Crippen LogP contribution in [0, 0.1) is 6.92 Å². The second kappa shape index (κ2) is 7.31. The first-order chi connectivity index (χ1) is 9.72. The summed E-state index contributed by atoms with van der Waals surface area (Å²) < 4.78 is 7.76. The highest BCUT2D eigenvalue weighted by atomic mass is 32.2. The second-order valence-electron chi connectivity index (χ2n) is 4.45. The molecule has 2 rings (SSSR count).